The Bertz CT molecular complexity index is 503. The molecule has 5 nitrogen and oxygen atoms in total. The van der Waals surface area contributed by atoms with Crippen molar-refractivity contribution >= 4 is 17.6 Å². The van der Waals surface area contributed by atoms with E-state index in [9.17, 15) is 14.0 Å². The summed E-state index contributed by atoms with van der Waals surface area (Å²) < 4.78 is 17.8. The van der Waals surface area contributed by atoms with Crippen LogP contribution in [-0.4, -0.2) is 25.0 Å². The van der Waals surface area contributed by atoms with E-state index in [1.54, 1.807) is 0 Å². The van der Waals surface area contributed by atoms with Crippen molar-refractivity contribution in [1.82, 2.24) is 0 Å². The first-order chi connectivity index (χ1) is 9.35. The number of carbonyl (C=O) groups is 2. The van der Waals surface area contributed by atoms with E-state index >= 15 is 0 Å². The molecule has 0 heterocycles. The number of amides is 1. The van der Waals surface area contributed by atoms with Gasteiger partial charge in [0.2, 0.25) is 5.91 Å². The summed E-state index contributed by atoms with van der Waals surface area (Å²) in [6.07, 6.45) is 0.0921. The molecule has 0 fully saturated rings. The SMILES string of the molecule is COC(=O)c1ccc(F)cc1NC(=O)CC(N)C(C)C. The average molecular weight is 282 g/mol. The van der Waals surface area contributed by atoms with Gasteiger partial charge in [-0.25, -0.2) is 9.18 Å². The average Bonchev–Trinajstić information content (AvgIpc) is 2.37. The first kappa shape index (κ1) is 16.1. The van der Waals surface area contributed by atoms with Crippen molar-refractivity contribution in [2.75, 3.05) is 12.4 Å². The molecule has 1 rings (SSSR count). The van der Waals surface area contributed by atoms with Crippen molar-refractivity contribution in [3.8, 4) is 0 Å². The summed E-state index contributed by atoms with van der Waals surface area (Å²) in [4.78, 5) is 23.4. The molecule has 0 radical (unpaired) electrons. The minimum atomic E-state index is -0.645. The van der Waals surface area contributed by atoms with Crippen LogP contribution in [0.25, 0.3) is 0 Å². The summed E-state index contributed by atoms with van der Waals surface area (Å²) >= 11 is 0. The molecule has 0 spiro atoms. The van der Waals surface area contributed by atoms with E-state index in [-0.39, 0.29) is 35.5 Å². The van der Waals surface area contributed by atoms with Crippen LogP contribution in [0, 0.1) is 11.7 Å². The Morgan fingerprint density at radius 2 is 2.05 bits per heavy atom. The van der Waals surface area contributed by atoms with Gasteiger partial charge in [0.25, 0.3) is 0 Å². The van der Waals surface area contributed by atoms with Gasteiger partial charge in [-0.1, -0.05) is 13.8 Å². The number of halogens is 1. The highest BCUT2D eigenvalue weighted by atomic mass is 19.1. The van der Waals surface area contributed by atoms with E-state index in [2.05, 4.69) is 10.1 Å². The van der Waals surface area contributed by atoms with E-state index in [0.29, 0.717) is 0 Å². The third-order valence-electron chi connectivity index (χ3n) is 2.94. The van der Waals surface area contributed by atoms with E-state index in [0.717, 1.165) is 12.1 Å². The fourth-order valence-corrected chi connectivity index (χ4v) is 1.56. The lowest BCUT2D eigenvalue weighted by atomic mass is 10.0. The Morgan fingerprint density at radius 1 is 1.40 bits per heavy atom. The van der Waals surface area contributed by atoms with Crippen LogP contribution in [0.1, 0.15) is 30.6 Å². The van der Waals surface area contributed by atoms with Crippen molar-refractivity contribution in [3.63, 3.8) is 0 Å². The fourth-order valence-electron chi connectivity index (χ4n) is 1.56. The molecular weight excluding hydrogens is 263 g/mol. The molecule has 0 saturated heterocycles. The fraction of sp³-hybridized carbons (Fsp3) is 0.429. The number of ether oxygens (including phenoxy) is 1. The predicted octanol–water partition coefficient (Wildman–Crippen LogP) is 1.92. The van der Waals surface area contributed by atoms with E-state index in [4.69, 9.17) is 5.73 Å². The van der Waals surface area contributed by atoms with Crippen molar-refractivity contribution < 1.29 is 18.7 Å². The summed E-state index contributed by atoms with van der Waals surface area (Å²) in [5, 5.41) is 2.49. The quantitative estimate of drug-likeness (QED) is 0.808. The number of hydrogen-bond donors (Lipinski definition) is 2. The molecule has 1 unspecified atom stereocenters. The van der Waals surface area contributed by atoms with Gasteiger partial charge in [-0.3, -0.25) is 4.79 Å². The van der Waals surface area contributed by atoms with E-state index in [1.165, 1.54) is 13.2 Å². The zero-order valence-electron chi connectivity index (χ0n) is 11.8. The summed E-state index contributed by atoms with van der Waals surface area (Å²) in [5.41, 5.74) is 5.98. The van der Waals surface area contributed by atoms with Crippen molar-refractivity contribution in [1.29, 1.82) is 0 Å². The number of carbonyl (C=O) groups excluding carboxylic acids is 2. The van der Waals surface area contributed by atoms with Gasteiger partial charge in [-0.05, 0) is 24.1 Å². The molecular formula is C14H19FN2O3. The molecule has 3 N–H and O–H groups in total. The van der Waals surface area contributed by atoms with Gasteiger partial charge >= 0.3 is 5.97 Å². The number of rotatable bonds is 5. The van der Waals surface area contributed by atoms with Crippen LogP contribution in [0.2, 0.25) is 0 Å². The maximum Gasteiger partial charge on any atom is 0.339 e. The highest BCUT2D eigenvalue weighted by molar-refractivity contribution is 6.01. The molecule has 1 atom stereocenters. The molecule has 1 aromatic carbocycles. The van der Waals surface area contributed by atoms with E-state index in [1.807, 2.05) is 13.8 Å². The third kappa shape index (κ3) is 4.31. The van der Waals surface area contributed by atoms with E-state index < -0.39 is 11.8 Å². The molecule has 1 amide bonds. The number of benzene rings is 1. The molecule has 20 heavy (non-hydrogen) atoms. The zero-order valence-corrected chi connectivity index (χ0v) is 11.8. The molecule has 0 aliphatic heterocycles. The van der Waals surface area contributed by atoms with Crippen LogP contribution < -0.4 is 11.1 Å². The van der Waals surface area contributed by atoms with Gasteiger partial charge in [0.15, 0.2) is 0 Å². The predicted molar refractivity (Wildman–Crippen MR) is 73.8 cm³/mol. The van der Waals surface area contributed by atoms with Crippen LogP contribution in [0.3, 0.4) is 0 Å². The zero-order chi connectivity index (χ0) is 15.3. The second-order valence-corrected chi connectivity index (χ2v) is 4.84. The summed E-state index contributed by atoms with van der Waals surface area (Å²) in [6, 6.07) is 3.16. The molecule has 110 valence electrons. The van der Waals surface area contributed by atoms with Crippen LogP contribution in [-0.2, 0) is 9.53 Å². The largest absolute Gasteiger partial charge is 0.465 e. The molecule has 0 aliphatic rings. The Labute approximate surface area is 117 Å². The Balaban J connectivity index is 2.88. The summed E-state index contributed by atoms with van der Waals surface area (Å²) in [7, 11) is 1.21. The topological polar surface area (TPSA) is 81.4 Å². The number of hydrogen-bond acceptors (Lipinski definition) is 4. The molecule has 0 aliphatic carbocycles. The Hall–Kier alpha value is -1.95. The normalized spacial score (nSPS) is 12.1. The lowest BCUT2D eigenvalue weighted by molar-refractivity contribution is -0.116. The lowest BCUT2D eigenvalue weighted by Gasteiger charge is -2.16. The van der Waals surface area contributed by atoms with Gasteiger partial charge in [-0.2, -0.15) is 0 Å². The number of esters is 1. The molecule has 0 saturated carbocycles. The lowest BCUT2D eigenvalue weighted by Crippen LogP contribution is -2.31. The number of anilines is 1. The first-order valence-electron chi connectivity index (χ1n) is 6.28. The number of nitrogens with one attached hydrogen (secondary N) is 1. The van der Waals surface area contributed by atoms with Crippen molar-refractivity contribution in [3.05, 3.63) is 29.6 Å². The maximum atomic E-state index is 13.2. The minimum Gasteiger partial charge on any atom is -0.465 e. The van der Waals surface area contributed by atoms with Gasteiger partial charge < -0.3 is 15.8 Å². The molecule has 6 heteroatoms. The minimum absolute atomic E-state index is 0.0813. The smallest absolute Gasteiger partial charge is 0.339 e. The summed E-state index contributed by atoms with van der Waals surface area (Å²) in [5.74, 6) is -1.43. The second-order valence-electron chi connectivity index (χ2n) is 4.84. The van der Waals surface area contributed by atoms with Crippen molar-refractivity contribution in [2.45, 2.75) is 26.3 Å². The second kappa shape index (κ2) is 7.00. The highest BCUT2D eigenvalue weighted by Crippen LogP contribution is 2.19. The Morgan fingerprint density at radius 3 is 2.60 bits per heavy atom. The summed E-state index contributed by atoms with van der Waals surface area (Å²) in [6.45, 7) is 3.81. The standard InChI is InChI=1S/C14H19FN2O3/c1-8(2)11(16)7-13(18)17-12-6-9(15)4-5-10(12)14(19)20-3/h4-6,8,11H,7,16H2,1-3H3,(H,17,18). The number of methoxy groups -OCH3 is 1. The van der Waals surface area contributed by atoms with Crippen LogP contribution in [0.15, 0.2) is 18.2 Å². The molecule has 0 aromatic heterocycles. The van der Waals surface area contributed by atoms with Crippen LogP contribution in [0.4, 0.5) is 10.1 Å². The monoisotopic (exact) mass is 282 g/mol. The van der Waals surface area contributed by atoms with Gasteiger partial charge in [0.05, 0.1) is 18.4 Å². The van der Waals surface area contributed by atoms with Crippen LogP contribution in [0.5, 0.6) is 0 Å². The number of nitrogens with two attached hydrogens (primary N) is 1. The molecule has 0 bridgehead atoms. The highest BCUT2D eigenvalue weighted by Gasteiger charge is 2.17. The third-order valence-corrected chi connectivity index (χ3v) is 2.94. The maximum absolute atomic E-state index is 13.2. The molecule has 1 aromatic rings. The first-order valence-corrected chi connectivity index (χ1v) is 6.28. The van der Waals surface area contributed by atoms with Gasteiger partial charge in [0.1, 0.15) is 5.82 Å². The van der Waals surface area contributed by atoms with Gasteiger partial charge in [0, 0.05) is 12.5 Å². The Kier molecular flexibility index (Phi) is 5.64. The van der Waals surface area contributed by atoms with Crippen LogP contribution >= 0.6 is 0 Å². The van der Waals surface area contributed by atoms with Crippen molar-refractivity contribution in [2.24, 2.45) is 11.7 Å². The van der Waals surface area contributed by atoms with Gasteiger partial charge in [-0.15, -0.1) is 0 Å².